The van der Waals surface area contributed by atoms with Gasteiger partial charge in [0.2, 0.25) is 0 Å². The van der Waals surface area contributed by atoms with Crippen molar-refractivity contribution in [3.63, 3.8) is 0 Å². The van der Waals surface area contributed by atoms with Crippen LogP contribution in [-0.2, 0) is 17.6 Å². The molecule has 3 fully saturated rings. The van der Waals surface area contributed by atoms with E-state index in [1.165, 1.54) is 12.8 Å². The summed E-state index contributed by atoms with van der Waals surface area (Å²) in [6.07, 6.45) is 11.0. The number of nitrogens with zero attached hydrogens (tertiary/aromatic N) is 5. The van der Waals surface area contributed by atoms with Crippen LogP contribution >= 0.6 is 0 Å². The summed E-state index contributed by atoms with van der Waals surface area (Å²) in [6.45, 7) is 7.05. The van der Waals surface area contributed by atoms with Crippen molar-refractivity contribution in [2.75, 3.05) is 44.4 Å². The monoisotopic (exact) mass is 587 g/mol. The molecule has 0 amide bonds. The molecule has 3 saturated heterocycles. The minimum Gasteiger partial charge on any atom is -0.508 e. The molecule has 6 heterocycles. The number of aryl methyl sites for hydroxylation is 2. The maximum absolute atomic E-state index is 17.0. The lowest BCUT2D eigenvalue weighted by Gasteiger charge is -2.32. The molecule has 8 nitrogen and oxygen atoms in total. The molecule has 2 atom stereocenters. The number of halogens is 1. The quantitative estimate of drug-likeness (QED) is 0.394. The summed E-state index contributed by atoms with van der Waals surface area (Å²) < 4.78 is 29.5. The number of fused-ring (bicyclic) bond motifs is 4. The third-order valence-corrected chi connectivity index (χ3v) is 10.9. The first-order valence-corrected chi connectivity index (χ1v) is 16.5. The zero-order valence-corrected chi connectivity index (χ0v) is 25.2. The van der Waals surface area contributed by atoms with E-state index in [0.29, 0.717) is 43.1 Å². The van der Waals surface area contributed by atoms with E-state index in [9.17, 15) is 5.11 Å². The van der Waals surface area contributed by atoms with E-state index in [2.05, 4.69) is 16.7 Å². The minimum atomic E-state index is -0.452. The molecule has 1 unspecified atom stereocenters. The van der Waals surface area contributed by atoms with Crippen molar-refractivity contribution >= 4 is 16.7 Å². The molecule has 3 aromatic rings. The molecular formula is C34H42FN5O3. The highest BCUT2D eigenvalue weighted by atomic mass is 19.1. The lowest BCUT2D eigenvalue weighted by Crippen LogP contribution is -2.43. The Morgan fingerprint density at radius 3 is 2.74 bits per heavy atom. The van der Waals surface area contributed by atoms with Crippen LogP contribution in [0.1, 0.15) is 87.4 Å². The number of benzene rings is 1. The Kier molecular flexibility index (Phi) is 6.93. The Labute approximate surface area is 252 Å². The van der Waals surface area contributed by atoms with Gasteiger partial charge in [0, 0.05) is 18.7 Å². The fourth-order valence-electron chi connectivity index (χ4n) is 8.82. The summed E-state index contributed by atoms with van der Waals surface area (Å²) in [5.41, 5.74) is 4.36. The van der Waals surface area contributed by atoms with E-state index in [1.54, 1.807) is 6.07 Å². The van der Waals surface area contributed by atoms with Gasteiger partial charge in [0.15, 0.2) is 5.82 Å². The van der Waals surface area contributed by atoms with E-state index < -0.39 is 5.82 Å². The lowest BCUT2D eigenvalue weighted by atomic mass is 9.78. The molecule has 5 aliphatic rings. The average molecular weight is 588 g/mol. The van der Waals surface area contributed by atoms with Crippen molar-refractivity contribution in [1.29, 1.82) is 0 Å². The SMILES string of the molecule is CC[C@@H]1CCCc2cc(O)cc(-c3nc4c5c(nc(OCC67CCCN6CCC7)nc5c3F)N3CCCOCC3CC4)c21. The summed E-state index contributed by atoms with van der Waals surface area (Å²) in [7, 11) is 0. The normalized spacial score (nSPS) is 24.7. The number of rotatable bonds is 5. The third-order valence-electron chi connectivity index (χ3n) is 10.9. The van der Waals surface area contributed by atoms with Crippen LogP contribution in [0, 0.1) is 5.82 Å². The maximum Gasteiger partial charge on any atom is 0.319 e. The predicted octanol–water partition coefficient (Wildman–Crippen LogP) is 5.92. The van der Waals surface area contributed by atoms with Crippen LogP contribution in [-0.4, -0.2) is 76.0 Å². The number of pyridine rings is 1. The van der Waals surface area contributed by atoms with Crippen molar-refractivity contribution in [3.05, 3.63) is 34.8 Å². The van der Waals surface area contributed by atoms with Gasteiger partial charge < -0.3 is 19.5 Å². The van der Waals surface area contributed by atoms with E-state index in [1.807, 2.05) is 6.07 Å². The van der Waals surface area contributed by atoms with Gasteiger partial charge in [-0.1, -0.05) is 6.92 Å². The Balaban J connectivity index is 1.30. The van der Waals surface area contributed by atoms with Crippen LogP contribution in [0.25, 0.3) is 22.2 Å². The summed E-state index contributed by atoms with van der Waals surface area (Å²) in [4.78, 5) is 19.7. The van der Waals surface area contributed by atoms with Gasteiger partial charge in [0.05, 0.1) is 29.3 Å². The number of ether oxygens (including phenoxy) is 2. The molecule has 8 rings (SSSR count). The largest absolute Gasteiger partial charge is 0.508 e. The molecule has 0 radical (unpaired) electrons. The van der Waals surface area contributed by atoms with Crippen LogP contribution < -0.4 is 9.64 Å². The number of hydrogen-bond acceptors (Lipinski definition) is 8. The second-order valence-corrected chi connectivity index (χ2v) is 13.4. The van der Waals surface area contributed by atoms with E-state index in [0.717, 1.165) is 93.6 Å². The van der Waals surface area contributed by atoms with Crippen LogP contribution in [0.15, 0.2) is 12.1 Å². The number of hydrogen-bond donors (Lipinski definition) is 1. The van der Waals surface area contributed by atoms with E-state index in [-0.39, 0.29) is 34.6 Å². The highest BCUT2D eigenvalue weighted by molar-refractivity contribution is 5.95. The molecule has 43 heavy (non-hydrogen) atoms. The Morgan fingerprint density at radius 1 is 1.05 bits per heavy atom. The highest BCUT2D eigenvalue weighted by Gasteiger charge is 2.45. The van der Waals surface area contributed by atoms with Crippen molar-refractivity contribution in [3.8, 4) is 23.0 Å². The fraction of sp³-hybridized carbons (Fsp3) is 0.618. The molecule has 1 N–H and O–H groups in total. The number of aromatic hydroxyl groups is 1. The maximum atomic E-state index is 17.0. The van der Waals surface area contributed by atoms with E-state index >= 15 is 4.39 Å². The number of aromatic nitrogens is 3. The molecule has 2 aromatic heterocycles. The van der Waals surface area contributed by atoms with E-state index in [4.69, 9.17) is 24.4 Å². The summed E-state index contributed by atoms with van der Waals surface area (Å²) in [6, 6.07) is 3.94. The predicted molar refractivity (Wildman–Crippen MR) is 164 cm³/mol. The van der Waals surface area contributed by atoms with Gasteiger partial charge in [0.1, 0.15) is 29.4 Å². The van der Waals surface area contributed by atoms with Gasteiger partial charge in [-0.05, 0) is 113 Å². The average Bonchev–Trinajstić information content (AvgIpc) is 3.46. The lowest BCUT2D eigenvalue weighted by molar-refractivity contribution is 0.108. The van der Waals surface area contributed by atoms with Crippen molar-refractivity contribution in [2.24, 2.45) is 0 Å². The van der Waals surface area contributed by atoms with Gasteiger partial charge in [-0.2, -0.15) is 9.97 Å². The first-order valence-electron chi connectivity index (χ1n) is 16.5. The number of phenolic OH excluding ortho intramolecular Hbond substituents is 1. The Hall–Kier alpha value is -3.04. The van der Waals surface area contributed by atoms with Crippen molar-refractivity contribution in [1.82, 2.24) is 19.9 Å². The Morgan fingerprint density at radius 2 is 1.91 bits per heavy atom. The minimum absolute atomic E-state index is 0.0360. The van der Waals surface area contributed by atoms with Gasteiger partial charge in [-0.25, -0.2) is 9.37 Å². The second-order valence-electron chi connectivity index (χ2n) is 13.4. The molecule has 9 heteroatoms. The number of anilines is 1. The molecule has 228 valence electrons. The van der Waals surface area contributed by atoms with Gasteiger partial charge >= 0.3 is 6.01 Å². The molecule has 4 aliphatic heterocycles. The third kappa shape index (κ3) is 4.57. The van der Waals surface area contributed by atoms with Crippen LogP contribution in [0.5, 0.6) is 11.8 Å². The summed E-state index contributed by atoms with van der Waals surface area (Å²) in [5.74, 6) is 0.738. The molecular weight excluding hydrogens is 545 g/mol. The number of phenols is 1. The first kappa shape index (κ1) is 27.5. The van der Waals surface area contributed by atoms with Gasteiger partial charge in [0.25, 0.3) is 0 Å². The van der Waals surface area contributed by atoms with Gasteiger partial charge in [-0.15, -0.1) is 0 Å². The van der Waals surface area contributed by atoms with Crippen molar-refractivity contribution in [2.45, 2.75) is 95.1 Å². The van der Waals surface area contributed by atoms with Crippen LogP contribution in [0.2, 0.25) is 0 Å². The molecule has 0 bridgehead atoms. The highest BCUT2D eigenvalue weighted by Crippen LogP contribution is 2.45. The smallest absolute Gasteiger partial charge is 0.319 e. The second kappa shape index (κ2) is 10.8. The summed E-state index contributed by atoms with van der Waals surface area (Å²) in [5, 5.41) is 11.5. The van der Waals surface area contributed by atoms with Crippen LogP contribution in [0.4, 0.5) is 10.2 Å². The molecule has 0 spiro atoms. The van der Waals surface area contributed by atoms with Crippen LogP contribution in [0.3, 0.4) is 0 Å². The fourth-order valence-corrected chi connectivity index (χ4v) is 8.82. The van der Waals surface area contributed by atoms with Gasteiger partial charge in [-0.3, -0.25) is 4.90 Å². The molecule has 1 aromatic carbocycles. The molecule has 1 aliphatic carbocycles. The summed E-state index contributed by atoms with van der Waals surface area (Å²) >= 11 is 0. The topological polar surface area (TPSA) is 83.8 Å². The zero-order valence-electron chi connectivity index (χ0n) is 25.2. The Bertz CT molecular complexity index is 1550. The standard InChI is InChI=1S/C34H42FN5O3/c1-2-21-7-3-8-22-17-24(41)18-25(27(21)22)30-29(35)31-28-26(36-30)10-9-23-19-42-16-6-15-40(23)32(28)38-33(37-31)43-20-34-11-4-13-39(34)14-5-12-34/h17-18,21,23,41H,2-16,19-20H2,1H3/t21-,23?/m1/s1. The van der Waals surface area contributed by atoms with Crippen molar-refractivity contribution < 1.29 is 19.0 Å². The zero-order chi connectivity index (χ0) is 29.1. The molecule has 0 saturated carbocycles. The first-order chi connectivity index (χ1) is 21.0.